The Bertz CT molecular complexity index is 214. The van der Waals surface area contributed by atoms with E-state index < -0.39 is 12.0 Å². The van der Waals surface area contributed by atoms with E-state index in [-0.39, 0.29) is 0 Å². The molecule has 1 saturated carbocycles. The van der Waals surface area contributed by atoms with Crippen molar-refractivity contribution in [2.75, 3.05) is 0 Å². The van der Waals surface area contributed by atoms with Crippen LogP contribution in [0.2, 0.25) is 0 Å². The molecule has 3 atom stereocenters. The molecule has 3 unspecified atom stereocenters. The minimum atomic E-state index is -0.868. The first-order chi connectivity index (χ1) is 7.04. The van der Waals surface area contributed by atoms with E-state index >= 15 is 0 Å². The molecule has 0 aromatic rings. The Morgan fingerprint density at radius 1 is 1.47 bits per heavy atom. The molecule has 0 aromatic carbocycles. The zero-order valence-corrected chi connectivity index (χ0v) is 9.78. The van der Waals surface area contributed by atoms with Crippen LogP contribution in [0.5, 0.6) is 0 Å². The SMILES string of the molecule is CCC(CC(N)C(=O)O)CC(C)C1CC1. The highest BCUT2D eigenvalue weighted by Crippen LogP contribution is 2.40. The van der Waals surface area contributed by atoms with Gasteiger partial charge in [0.1, 0.15) is 6.04 Å². The van der Waals surface area contributed by atoms with Crippen molar-refractivity contribution in [3.05, 3.63) is 0 Å². The number of aliphatic carboxylic acids is 1. The van der Waals surface area contributed by atoms with Crippen LogP contribution in [0, 0.1) is 17.8 Å². The van der Waals surface area contributed by atoms with Crippen molar-refractivity contribution in [1.82, 2.24) is 0 Å². The van der Waals surface area contributed by atoms with Gasteiger partial charge in [-0.2, -0.15) is 0 Å². The topological polar surface area (TPSA) is 63.3 Å². The van der Waals surface area contributed by atoms with Crippen molar-refractivity contribution in [2.24, 2.45) is 23.5 Å². The molecule has 3 N–H and O–H groups in total. The van der Waals surface area contributed by atoms with Gasteiger partial charge in [0.15, 0.2) is 0 Å². The van der Waals surface area contributed by atoms with E-state index in [0.29, 0.717) is 12.3 Å². The molecule has 0 spiro atoms. The highest BCUT2D eigenvalue weighted by atomic mass is 16.4. The first kappa shape index (κ1) is 12.5. The number of nitrogens with two attached hydrogens (primary N) is 1. The Morgan fingerprint density at radius 3 is 2.47 bits per heavy atom. The number of hydrogen-bond donors (Lipinski definition) is 2. The van der Waals surface area contributed by atoms with Crippen LogP contribution < -0.4 is 5.73 Å². The molecule has 0 heterocycles. The summed E-state index contributed by atoms with van der Waals surface area (Å²) in [5, 5.41) is 8.76. The molecule has 0 aromatic heterocycles. The van der Waals surface area contributed by atoms with Crippen molar-refractivity contribution >= 4 is 5.97 Å². The van der Waals surface area contributed by atoms with E-state index in [2.05, 4.69) is 13.8 Å². The Kier molecular flexibility index (Phi) is 4.58. The Labute approximate surface area is 92.0 Å². The molecule has 1 fully saturated rings. The van der Waals surface area contributed by atoms with Gasteiger partial charge in [0, 0.05) is 0 Å². The lowest BCUT2D eigenvalue weighted by atomic mass is 9.86. The molecule has 3 nitrogen and oxygen atoms in total. The molecular formula is C12H23NO2. The third-order valence-corrected chi connectivity index (χ3v) is 3.61. The van der Waals surface area contributed by atoms with Gasteiger partial charge in [-0.3, -0.25) is 4.79 Å². The monoisotopic (exact) mass is 213 g/mol. The number of carboxylic acids is 1. The number of carboxylic acid groups (broad SMARTS) is 1. The molecule has 0 radical (unpaired) electrons. The van der Waals surface area contributed by atoms with Gasteiger partial charge in [-0.05, 0) is 43.4 Å². The second-order valence-corrected chi connectivity index (χ2v) is 5.01. The smallest absolute Gasteiger partial charge is 0.320 e. The fraction of sp³-hybridized carbons (Fsp3) is 0.917. The summed E-state index contributed by atoms with van der Waals surface area (Å²) in [6.07, 6.45) is 5.54. The van der Waals surface area contributed by atoms with E-state index in [9.17, 15) is 4.79 Å². The van der Waals surface area contributed by atoms with Crippen LogP contribution in [0.25, 0.3) is 0 Å². The number of rotatable bonds is 7. The second-order valence-electron chi connectivity index (χ2n) is 5.01. The average molecular weight is 213 g/mol. The highest BCUT2D eigenvalue weighted by molar-refractivity contribution is 5.73. The maximum atomic E-state index is 10.7. The van der Waals surface area contributed by atoms with Gasteiger partial charge in [-0.1, -0.05) is 20.3 Å². The zero-order chi connectivity index (χ0) is 11.4. The third-order valence-electron chi connectivity index (χ3n) is 3.61. The molecule has 1 aliphatic carbocycles. The molecule has 1 aliphatic rings. The van der Waals surface area contributed by atoms with Gasteiger partial charge in [0.2, 0.25) is 0 Å². The minimum Gasteiger partial charge on any atom is -0.480 e. The predicted octanol–water partition coefficient (Wildman–Crippen LogP) is 2.25. The van der Waals surface area contributed by atoms with E-state index in [1.165, 1.54) is 12.8 Å². The van der Waals surface area contributed by atoms with E-state index in [1.807, 2.05) is 0 Å². The van der Waals surface area contributed by atoms with Crippen molar-refractivity contribution < 1.29 is 9.90 Å². The van der Waals surface area contributed by atoms with E-state index in [1.54, 1.807) is 0 Å². The Balaban J connectivity index is 2.30. The van der Waals surface area contributed by atoms with Crippen LogP contribution >= 0.6 is 0 Å². The summed E-state index contributed by atoms with van der Waals surface area (Å²) in [6, 6.07) is -0.679. The summed E-state index contributed by atoms with van der Waals surface area (Å²) in [7, 11) is 0. The molecular weight excluding hydrogens is 190 g/mol. The van der Waals surface area contributed by atoms with Crippen molar-refractivity contribution in [3.63, 3.8) is 0 Å². The molecule has 15 heavy (non-hydrogen) atoms. The Morgan fingerprint density at radius 2 is 2.07 bits per heavy atom. The van der Waals surface area contributed by atoms with Crippen LogP contribution in [-0.2, 0) is 4.79 Å². The summed E-state index contributed by atoms with van der Waals surface area (Å²) in [4.78, 5) is 10.7. The van der Waals surface area contributed by atoms with Crippen molar-refractivity contribution in [2.45, 2.75) is 52.0 Å². The molecule has 0 aliphatic heterocycles. The van der Waals surface area contributed by atoms with Gasteiger partial charge >= 0.3 is 5.97 Å². The Hall–Kier alpha value is -0.570. The molecule has 3 heteroatoms. The predicted molar refractivity (Wildman–Crippen MR) is 60.5 cm³/mol. The maximum absolute atomic E-state index is 10.7. The van der Waals surface area contributed by atoms with Crippen molar-refractivity contribution in [3.8, 4) is 0 Å². The lowest BCUT2D eigenvalue weighted by Crippen LogP contribution is -2.32. The molecule has 88 valence electrons. The molecule has 1 rings (SSSR count). The first-order valence-corrected chi connectivity index (χ1v) is 6.03. The van der Waals surface area contributed by atoms with Crippen molar-refractivity contribution in [1.29, 1.82) is 0 Å². The lowest BCUT2D eigenvalue weighted by molar-refractivity contribution is -0.139. The zero-order valence-electron chi connectivity index (χ0n) is 9.78. The normalized spacial score (nSPS) is 22.1. The van der Waals surface area contributed by atoms with Gasteiger partial charge in [0.25, 0.3) is 0 Å². The summed E-state index contributed by atoms with van der Waals surface area (Å²) >= 11 is 0. The maximum Gasteiger partial charge on any atom is 0.320 e. The van der Waals surface area contributed by atoms with Gasteiger partial charge in [-0.15, -0.1) is 0 Å². The summed E-state index contributed by atoms with van der Waals surface area (Å²) in [5.41, 5.74) is 5.56. The number of hydrogen-bond acceptors (Lipinski definition) is 2. The van der Waals surface area contributed by atoms with Crippen LogP contribution in [0.15, 0.2) is 0 Å². The summed E-state index contributed by atoms with van der Waals surface area (Å²) in [5.74, 6) is 1.26. The fourth-order valence-corrected chi connectivity index (χ4v) is 2.27. The molecule has 0 amide bonds. The van der Waals surface area contributed by atoms with Crippen LogP contribution in [0.4, 0.5) is 0 Å². The van der Waals surface area contributed by atoms with Crippen LogP contribution in [-0.4, -0.2) is 17.1 Å². The van der Waals surface area contributed by atoms with E-state index in [4.69, 9.17) is 10.8 Å². The molecule has 0 bridgehead atoms. The van der Waals surface area contributed by atoms with Gasteiger partial charge in [-0.25, -0.2) is 0 Å². The molecule has 0 saturated heterocycles. The highest BCUT2D eigenvalue weighted by Gasteiger charge is 2.30. The summed E-state index contributed by atoms with van der Waals surface area (Å²) < 4.78 is 0. The first-order valence-electron chi connectivity index (χ1n) is 6.03. The van der Waals surface area contributed by atoms with Gasteiger partial charge < -0.3 is 10.8 Å². The van der Waals surface area contributed by atoms with E-state index in [0.717, 1.165) is 24.7 Å². The number of carbonyl (C=O) groups is 1. The minimum absolute atomic E-state index is 0.478. The van der Waals surface area contributed by atoms with Gasteiger partial charge in [0.05, 0.1) is 0 Å². The lowest BCUT2D eigenvalue weighted by Gasteiger charge is -2.21. The standard InChI is InChI=1S/C12H23NO2/c1-3-9(7-11(13)12(14)15)6-8(2)10-4-5-10/h8-11H,3-7,13H2,1-2H3,(H,14,15). The summed E-state index contributed by atoms with van der Waals surface area (Å²) in [6.45, 7) is 4.41. The largest absolute Gasteiger partial charge is 0.480 e. The van der Waals surface area contributed by atoms with Crippen LogP contribution in [0.3, 0.4) is 0 Å². The quantitative estimate of drug-likeness (QED) is 0.681. The fourth-order valence-electron chi connectivity index (χ4n) is 2.27. The average Bonchev–Trinajstić information content (AvgIpc) is 2.99. The third kappa shape index (κ3) is 4.20. The van der Waals surface area contributed by atoms with Crippen LogP contribution in [0.1, 0.15) is 46.0 Å². The second kappa shape index (κ2) is 5.50.